The van der Waals surface area contributed by atoms with Crippen molar-refractivity contribution in [3.8, 4) is 0 Å². The highest BCUT2D eigenvalue weighted by Gasteiger charge is 2.15. The fourth-order valence-electron chi connectivity index (χ4n) is 3.85. The second kappa shape index (κ2) is 9.15. The SMILES string of the molecule is Cc1cccc(NC(=O)CNC(=O)CSc2nc3ccccc3c3nc4ccccc4n23)c1C. The maximum Gasteiger partial charge on any atom is 0.243 e. The van der Waals surface area contributed by atoms with Crippen LogP contribution in [-0.2, 0) is 9.59 Å². The van der Waals surface area contributed by atoms with Gasteiger partial charge in [0.15, 0.2) is 5.16 Å². The molecule has 0 bridgehead atoms. The molecule has 0 atom stereocenters. The van der Waals surface area contributed by atoms with Gasteiger partial charge in [-0.25, -0.2) is 9.97 Å². The first-order chi connectivity index (χ1) is 16.5. The van der Waals surface area contributed by atoms with Crippen LogP contribution in [0.5, 0.6) is 0 Å². The minimum absolute atomic E-state index is 0.0959. The molecular weight excluding hydrogens is 446 g/mol. The quantitative estimate of drug-likeness (QED) is 0.282. The molecule has 0 fully saturated rings. The van der Waals surface area contributed by atoms with Crippen molar-refractivity contribution in [2.45, 2.75) is 19.0 Å². The van der Waals surface area contributed by atoms with Gasteiger partial charge >= 0.3 is 0 Å². The van der Waals surface area contributed by atoms with Crippen LogP contribution >= 0.6 is 11.8 Å². The summed E-state index contributed by atoms with van der Waals surface area (Å²) in [5.41, 5.74) is 6.30. The van der Waals surface area contributed by atoms with Gasteiger partial charge in [-0.2, -0.15) is 0 Å². The number of aromatic nitrogens is 3. The van der Waals surface area contributed by atoms with Crippen molar-refractivity contribution in [3.63, 3.8) is 0 Å². The Morgan fingerprint density at radius 1 is 0.882 bits per heavy atom. The van der Waals surface area contributed by atoms with E-state index in [1.54, 1.807) is 0 Å². The van der Waals surface area contributed by atoms with Crippen molar-refractivity contribution in [2.24, 2.45) is 0 Å². The Kier molecular flexibility index (Phi) is 5.90. The monoisotopic (exact) mass is 469 g/mol. The fourth-order valence-corrected chi connectivity index (χ4v) is 4.69. The first-order valence-corrected chi connectivity index (χ1v) is 11.9. The summed E-state index contributed by atoms with van der Waals surface area (Å²) in [5.74, 6) is -0.378. The van der Waals surface area contributed by atoms with Gasteiger partial charge < -0.3 is 10.6 Å². The third-order valence-corrected chi connectivity index (χ3v) is 6.71. The summed E-state index contributed by atoms with van der Waals surface area (Å²) in [6.07, 6.45) is 0. The molecule has 0 aliphatic carbocycles. The Labute approximate surface area is 200 Å². The van der Waals surface area contributed by atoms with Crippen LogP contribution in [0, 0.1) is 13.8 Å². The zero-order chi connectivity index (χ0) is 23.7. The number of aryl methyl sites for hydroxylation is 1. The number of nitrogens with one attached hydrogen (secondary N) is 2. The molecule has 0 saturated carbocycles. The highest BCUT2D eigenvalue weighted by Crippen LogP contribution is 2.28. The number of nitrogens with zero attached hydrogens (tertiary/aromatic N) is 3. The molecule has 0 spiro atoms. The number of para-hydroxylation sites is 3. The molecule has 2 N–H and O–H groups in total. The predicted molar refractivity (Wildman–Crippen MR) is 136 cm³/mol. The van der Waals surface area contributed by atoms with Crippen LogP contribution in [0.2, 0.25) is 0 Å². The lowest BCUT2D eigenvalue weighted by atomic mass is 10.1. The molecule has 170 valence electrons. The number of thioether (sulfide) groups is 1. The van der Waals surface area contributed by atoms with E-state index in [0.29, 0.717) is 5.16 Å². The standard InChI is InChI=1S/C26H23N5O2S/c1-16-8-7-12-19(17(16)2)28-23(32)14-27-24(33)15-34-26-30-20-10-4-3-9-18(20)25-29-21-11-5-6-13-22(21)31(25)26/h3-13H,14-15H2,1-2H3,(H,27,33)(H,28,32). The van der Waals surface area contributed by atoms with E-state index in [9.17, 15) is 9.59 Å². The molecule has 0 unspecified atom stereocenters. The van der Waals surface area contributed by atoms with E-state index in [1.807, 2.05) is 85.0 Å². The van der Waals surface area contributed by atoms with Gasteiger partial charge in [-0.05, 0) is 55.3 Å². The highest BCUT2D eigenvalue weighted by molar-refractivity contribution is 7.99. The van der Waals surface area contributed by atoms with Gasteiger partial charge in [0.2, 0.25) is 11.8 Å². The highest BCUT2D eigenvalue weighted by atomic mass is 32.2. The van der Waals surface area contributed by atoms with Crippen molar-refractivity contribution in [3.05, 3.63) is 77.9 Å². The van der Waals surface area contributed by atoms with Gasteiger partial charge in [0.25, 0.3) is 0 Å². The van der Waals surface area contributed by atoms with E-state index in [4.69, 9.17) is 9.97 Å². The molecule has 0 radical (unpaired) electrons. The van der Waals surface area contributed by atoms with Crippen molar-refractivity contribution in [2.75, 3.05) is 17.6 Å². The third kappa shape index (κ3) is 4.20. The van der Waals surface area contributed by atoms with Gasteiger partial charge in [0.05, 0.1) is 28.8 Å². The Morgan fingerprint density at radius 2 is 1.65 bits per heavy atom. The van der Waals surface area contributed by atoms with E-state index in [1.165, 1.54) is 11.8 Å². The molecule has 2 heterocycles. The van der Waals surface area contributed by atoms with Gasteiger partial charge in [0, 0.05) is 11.1 Å². The summed E-state index contributed by atoms with van der Waals surface area (Å²) in [7, 11) is 0. The Bertz CT molecular complexity index is 1560. The first-order valence-electron chi connectivity index (χ1n) is 10.9. The van der Waals surface area contributed by atoms with E-state index >= 15 is 0 Å². The normalized spacial score (nSPS) is 11.2. The molecule has 0 aliphatic heterocycles. The molecule has 3 aromatic carbocycles. The summed E-state index contributed by atoms with van der Waals surface area (Å²) in [4.78, 5) is 34.5. The van der Waals surface area contributed by atoms with Gasteiger partial charge in [-0.3, -0.25) is 14.0 Å². The van der Waals surface area contributed by atoms with E-state index < -0.39 is 0 Å². The van der Waals surface area contributed by atoms with E-state index in [2.05, 4.69) is 10.6 Å². The van der Waals surface area contributed by atoms with Crippen LogP contribution in [0.3, 0.4) is 0 Å². The Morgan fingerprint density at radius 3 is 2.50 bits per heavy atom. The van der Waals surface area contributed by atoms with Crippen LogP contribution in [0.1, 0.15) is 11.1 Å². The molecule has 5 aromatic rings. The Hall–Kier alpha value is -3.91. The topological polar surface area (TPSA) is 88.4 Å². The molecule has 8 heteroatoms. The summed E-state index contributed by atoms with van der Waals surface area (Å²) in [5, 5.41) is 7.19. The van der Waals surface area contributed by atoms with Crippen LogP contribution < -0.4 is 10.6 Å². The summed E-state index contributed by atoms with van der Waals surface area (Å²) in [6, 6.07) is 21.4. The average molecular weight is 470 g/mol. The smallest absolute Gasteiger partial charge is 0.243 e. The minimum atomic E-state index is -0.265. The second-order valence-electron chi connectivity index (χ2n) is 8.03. The van der Waals surface area contributed by atoms with Crippen LogP contribution in [0.25, 0.3) is 27.6 Å². The van der Waals surface area contributed by atoms with Gasteiger partial charge in [-0.1, -0.05) is 48.2 Å². The van der Waals surface area contributed by atoms with Crippen LogP contribution in [-0.4, -0.2) is 38.5 Å². The molecule has 0 saturated heterocycles. The number of imidazole rings is 1. The molecule has 5 rings (SSSR count). The average Bonchev–Trinajstić information content (AvgIpc) is 3.24. The maximum atomic E-state index is 12.5. The summed E-state index contributed by atoms with van der Waals surface area (Å²) in [6.45, 7) is 3.85. The maximum absolute atomic E-state index is 12.5. The summed E-state index contributed by atoms with van der Waals surface area (Å²) >= 11 is 1.32. The lowest BCUT2D eigenvalue weighted by Gasteiger charge is -2.11. The first kappa shape index (κ1) is 21.9. The number of carbonyl (C=O) groups excluding carboxylic acids is 2. The minimum Gasteiger partial charge on any atom is -0.346 e. The van der Waals surface area contributed by atoms with Gasteiger partial charge in [0.1, 0.15) is 5.65 Å². The lowest BCUT2D eigenvalue weighted by Crippen LogP contribution is -2.34. The number of hydrogen-bond donors (Lipinski definition) is 2. The van der Waals surface area contributed by atoms with Crippen molar-refractivity contribution >= 4 is 56.8 Å². The molecule has 2 amide bonds. The molecule has 0 aliphatic rings. The number of amides is 2. The van der Waals surface area contributed by atoms with E-state index in [0.717, 1.165) is 44.4 Å². The number of hydrogen-bond acceptors (Lipinski definition) is 5. The number of rotatable bonds is 6. The number of anilines is 1. The summed E-state index contributed by atoms with van der Waals surface area (Å²) < 4.78 is 1.99. The fraction of sp³-hybridized carbons (Fsp3) is 0.154. The third-order valence-electron chi connectivity index (χ3n) is 5.77. The number of carbonyl (C=O) groups is 2. The predicted octanol–water partition coefficient (Wildman–Crippen LogP) is 4.50. The van der Waals surface area contributed by atoms with Crippen molar-refractivity contribution in [1.82, 2.24) is 19.7 Å². The van der Waals surface area contributed by atoms with Crippen molar-refractivity contribution < 1.29 is 9.59 Å². The lowest BCUT2D eigenvalue weighted by molar-refractivity contribution is -0.122. The number of benzene rings is 3. The molecule has 34 heavy (non-hydrogen) atoms. The molecule has 2 aromatic heterocycles. The zero-order valence-corrected chi connectivity index (χ0v) is 19.6. The Balaban J connectivity index is 1.31. The van der Waals surface area contributed by atoms with Crippen LogP contribution in [0.15, 0.2) is 71.9 Å². The van der Waals surface area contributed by atoms with Gasteiger partial charge in [-0.15, -0.1) is 0 Å². The zero-order valence-electron chi connectivity index (χ0n) is 18.8. The second-order valence-corrected chi connectivity index (χ2v) is 8.97. The molecular formula is C26H23N5O2S. The van der Waals surface area contributed by atoms with Crippen LogP contribution in [0.4, 0.5) is 5.69 Å². The van der Waals surface area contributed by atoms with E-state index in [-0.39, 0.29) is 24.1 Å². The van der Waals surface area contributed by atoms with Crippen molar-refractivity contribution in [1.29, 1.82) is 0 Å². The molecule has 7 nitrogen and oxygen atoms in total. The number of fused-ring (bicyclic) bond motifs is 5. The largest absolute Gasteiger partial charge is 0.346 e.